The van der Waals surface area contributed by atoms with Crippen LogP contribution in [-0.4, -0.2) is 35.3 Å². The first-order valence-corrected chi connectivity index (χ1v) is 9.67. The number of fused-ring (bicyclic) bond motifs is 1. The molecule has 0 saturated heterocycles. The highest BCUT2D eigenvalue weighted by molar-refractivity contribution is 6.08. The lowest BCUT2D eigenvalue weighted by Gasteiger charge is -2.18. The van der Waals surface area contributed by atoms with Gasteiger partial charge in [0, 0.05) is 23.7 Å². The molecule has 0 fully saturated rings. The lowest BCUT2D eigenvalue weighted by molar-refractivity contribution is -0.116. The molecule has 1 heterocycles. The lowest BCUT2D eigenvalue weighted by Crippen LogP contribution is -2.35. The van der Waals surface area contributed by atoms with Gasteiger partial charge in [-0.15, -0.1) is 0 Å². The highest BCUT2D eigenvalue weighted by atomic mass is 16.2. The molecule has 0 radical (unpaired) electrons. The Labute approximate surface area is 175 Å². The summed E-state index contributed by atoms with van der Waals surface area (Å²) in [6.45, 7) is -0.0505. The van der Waals surface area contributed by atoms with E-state index in [4.69, 9.17) is 4.98 Å². The van der Waals surface area contributed by atoms with Crippen molar-refractivity contribution in [3.63, 3.8) is 0 Å². The number of carbonyl (C=O) groups is 2. The van der Waals surface area contributed by atoms with Crippen molar-refractivity contribution in [3.8, 4) is 11.3 Å². The van der Waals surface area contributed by atoms with Crippen LogP contribution in [0.25, 0.3) is 22.2 Å². The molecule has 1 N–H and O–H groups in total. The second kappa shape index (κ2) is 8.57. The molecule has 0 aliphatic heterocycles. The molecular formula is C25H21N3O2. The summed E-state index contributed by atoms with van der Waals surface area (Å²) in [6.07, 6.45) is 0. The van der Waals surface area contributed by atoms with E-state index in [1.807, 2.05) is 84.9 Å². The van der Waals surface area contributed by atoms with Gasteiger partial charge in [-0.2, -0.15) is 0 Å². The SMILES string of the molecule is CN(CC(=O)Nc1ccccc1)C(=O)c1cc(-c2ccccc2)nc2ccccc12. The van der Waals surface area contributed by atoms with Crippen LogP contribution in [-0.2, 0) is 4.79 Å². The average Bonchev–Trinajstić information content (AvgIpc) is 2.79. The summed E-state index contributed by atoms with van der Waals surface area (Å²) >= 11 is 0. The van der Waals surface area contributed by atoms with Gasteiger partial charge in [0.05, 0.1) is 23.3 Å². The summed E-state index contributed by atoms with van der Waals surface area (Å²) in [4.78, 5) is 31.8. The van der Waals surface area contributed by atoms with Gasteiger partial charge in [-0.1, -0.05) is 66.7 Å². The highest BCUT2D eigenvalue weighted by Gasteiger charge is 2.19. The fourth-order valence-corrected chi connectivity index (χ4v) is 3.32. The second-order valence-electron chi connectivity index (χ2n) is 7.01. The normalized spacial score (nSPS) is 10.6. The minimum Gasteiger partial charge on any atom is -0.332 e. The largest absolute Gasteiger partial charge is 0.332 e. The Morgan fingerprint density at radius 2 is 1.50 bits per heavy atom. The predicted molar refractivity (Wildman–Crippen MR) is 119 cm³/mol. The lowest BCUT2D eigenvalue weighted by atomic mass is 10.0. The molecule has 0 atom stereocenters. The van der Waals surface area contributed by atoms with Crippen LogP contribution >= 0.6 is 0 Å². The van der Waals surface area contributed by atoms with Crippen LogP contribution in [0.4, 0.5) is 5.69 Å². The van der Waals surface area contributed by atoms with E-state index in [-0.39, 0.29) is 18.4 Å². The maximum atomic E-state index is 13.2. The maximum absolute atomic E-state index is 13.2. The van der Waals surface area contributed by atoms with Crippen molar-refractivity contribution in [3.05, 3.63) is 96.6 Å². The molecule has 0 aliphatic rings. The van der Waals surface area contributed by atoms with Crippen molar-refractivity contribution in [2.24, 2.45) is 0 Å². The number of aromatic nitrogens is 1. The van der Waals surface area contributed by atoms with Crippen molar-refractivity contribution >= 4 is 28.4 Å². The summed E-state index contributed by atoms with van der Waals surface area (Å²) in [6, 6.07) is 28.3. The number of carbonyl (C=O) groups excluding carboxylic acids is 2. The molecule has 2 amide bonds. The third kappa shape index (κ3) is 4.20. The molecule has 0 bridgehead atoms. The number of nitrogens with zero attached hydrogens (tertiary/aromatic N) is 2. The van der Waals surface area contributed by atoms with E-state index < -0.39 is 0 Å². The molecule has 3 aromatic carbocycles. The first-order chi connectivity index (χ1) is 14.6. The number of pyridine rings is 1. The Hall–Kier alpha value is -3.99. The van der Waals surface area contributed by atoms with Crippen LogP contribution in [0, 0.1) is 0 Å². The first kappa shape index (κ1) is 19.3. The fraction of sp³-hybridized carbons (Fsp3) is 0.0800. The van der Waals surface area contributed by atoms with Gasteiger partial charge < -0.3 is 10.2 Å². The molecule has 1 aromatic heterocycles. The number of anilines is 1. The average molecular weight is 395 g/mol. The second-order valence-corrected chi connectivity index (χ2v) is 7.01. The number of likely N-dealkylation sites (N-methyl/N-ethyl adjacent to an activating group) is 1. The summed E-state index contributed by atoms with van der Waals surface area (Å²) in [7, 11) is 1.63. The molecule has 5 nitrogen and oxygen atoms in total. The van der Waals surface area contributed by atoms with E-state index in [0.29, 0.717) is 11.3 Å². The van der Waals surface area contributed by atoms with Gasteiger partial charge in [-0.3, -0.25) is 9.59 Å². The van der Waals surface area contributed by atoms with Gasteiger partial charge in [0.1, 0.15) is 0 Å². The number of hydrogen-bond donors (Lipinski definition) is 1. The maximum Gasteiger partial charge on any atom is 0.254 e. The molecule has 5 heteroatoms. The van der Waals surface area contributed by atoms with Gasteiger partial charge >= 0.3 is 0 Å². The van der Waals surface area contributed by atoms with Gasteiger partial charge in [-0.25, -0.2) is 4.98 Å². The summed E-state index contributed by atoms with van der Waals surface area (Å²) in [5, 5.41) is 3.57. The van der Waals surface area contributed by atoms with Gasteiger partial charge in [-0.05, 0) is 24.3 Å². The van der Waals surface area contributed by atoms with E-state index in [1.54, 1.807) is 13.1 Å². The van der Waals surface area contributed by atoms with E-state index in [2.05, 4.69) is 5.32 Å². The van der Waals surface area contributed by atoms with E-state index in [1.165, 1.54) is 4.90 Å². The van der Waals surface area contributed by atoms with Gasteiger partial charge in [0.2, 0.25) is 5.91 Å². The van der Waals surface area contributed by atoms with Crippen LogP contribution in [0.15, 0.2) is 91.0 Å². The number of benzene rings is 3. The molecular weight excluding hydrogens is 374 g/mol. The highest BCUT2D eigenvalue weighted by Crippen LogP contribution is 2.25. The van der Waals surface area contributed by atoms with Crippen molar-refractivity contribution in [1.82, 2.24) is 9.88 Å². The molecule has 0 spiro atoms. The molecule has 30 heavy (non-hydrogen) atoms. The topological polar surface area (TPSA) is 62.3 Å². The van der Waals surface area contributed by atoms with Crippen LogP contribution in [0.1, 0.15) is 10.4 Å². The summed E-state index contributed by atoms with van der Waals surface area (Å²) < 4.78 is 0. The Balaban J connectivity index is 1.62. The van der Waals surface area contributed by atoms with E-state index in [9.17, 15) is 9.59 Å². The number of amides is 2. The summed E-state index contributed by atoms with van der Waals surface area (Å²) in [5.74, 6) is -0.479. The van der Waals surface area contributed by atoms with Crippen molar-refractivity contribution in [2.45, 2.75) is 0 Å². The van der Waals surface area contributed by atoms with E-state index >= 15 is 0 Å². The Morgan fingerprint density at radius 3 is 2.23 bits per heavy atom. The molecule has 4 rings (SSSR count). The van der Waals surface area contributed by atoms with Crippen molar-refractivity contribution in [2.75, 3.05) is 18.9 Å². The minimum absolute atomic E-state index is 0.0505. The number of rotatable bonds is 5. The third-order valence-corrected chi connectivity index (χ3v) is 4.80. The Bertz CT molecular complexity index is 1190. The standard InChI is InChI=1S/C25H21N3O2/c1-28(17-24(29)26-19-12-6-3-7-13-19)25(30)21-16-23(18-10-4-2-5-11-18)27-22-15-9-8-14-20(21)22/h2-16H,17H2,1H3,(H,26,29). The van der Waals surface area contributed by atoms with Crippen molar-refractivity contribution in [1.29, 1.82) is 0 Å². The first-order valence-electron chi connectivity index (χ1n) is 9.67. The van der Waals surface area contributed by atoms with Crippen molar-refractivity contribution < 1.29 is 9.59 Å². The number of nitrogens with one attached hydrogen (secondary N) is 1. The van der Waals surface area contributed by atoms with E-state index in [0.717, 1.165) is 22.2 Å². The minimum atomic E-state index is -0.251. The molecule has 0 unspecified atom stereocenters. The Morgan fingerprint density at radius 1 is 0.867 bits per heavy atom. The predicted octanol–water partition coefficient (Wildman–Crippen LogP) is 4.61. The zero-order chi connectivity index (χ0) is 20.9. The molecule has 0 aliphatic carbocycles. The fourth-order valence-electron chi connectivity index (χ4n) is 3.32. The monoisotopic (exact) mass is 395 g/mol. The van der Waals surface area contributed by atoms with Crippen LogP contribution in [0.2, 0.25) is 0 Å². The summed E-state index contributed by atoms with van der Waals surface area (Å²) in [5.41, 5.74) is 3.62. The molecule has 148 valence electrons. The number of hydrogen-bond acceptors (Lipinski definition) is 3. The van der Waals surface area contributed by atoms with Crippen LogP contribution < -0.4 is 5.32 Å². The van der Waals surface area contributed by atoms with Gasteiger partial charge in [0.15, 0.2) is 0 Å². The zero-order valence-corrected chi connectivity index (χ0v) is 16.6. The van der Waals surface area contributed by atoms with Gasteiger partial charge in [0.25, 0.3) is 5.91 Å². The van der Waals surface area contributed by atoms with Crippen LogP contribution in [0.5, 0.6) is 0 Å². The Kier molecular flexibility index (Phi) is 5.52. The van der Waals surface area contributed by atoms with Crippen LogP contribution in [0.3, 0.4) is 0 Å². The quantitative estimate of drug-likeness (QED) is 0.537. The molecule has 0 saturated carbocycles. The zero-order valence-electron chi connectivity index (χ0n) is 16.6. The number of para-hydroxylation sites is 2. The third-order valence-electron chi connectivity index (χ3n) is 4.80. The molecule has 4 aromatic rings. The smallest absolute Gasteiger partial charge is 0.254 e.